The maximum atomic E-state index is 10.8. The van der Waals surface area contributed by atoms with Gasteiger partial charge in [0.15, 0.2) is 0 Å². The van der Waals surface area contributed by atoms with Gasteiger partial charge in [0.1, 0.15) is 11.5 Å². The molecule has 0 aromatic carbocycles. The van der Waals surface area contributed by atoms with Crippen molar-refractivity contribution in [3.63, 3.8) is 0 Å². The molecule has 0 unspecified atom stereocenters. The topological polar surface area (TPSA) is 55.1 Å². The number of rotatable bonds is 2. The smallest absolute Gasteiger partial charge is 0.296 e. The Morgan fingerprint density at radius 1 is 1.85 bits per heavy atom. The van der Waals surface area contributed by atoms with Crippen molar-refractivity contribution < 1.29 is 9.32 Å². The molecule has 0 aliphatic carbocycles. The van der Waals surface area contributed by atoms with E-state index in [9.17, 15) is 4.79 Å². The summed E-state index contributed by atoms with van der Waals surface area (Å²) in [6.45, 7) is 3.57. The van der Waals surface area contributed by atoms with Crippen LogP contribution in [0.25, 0.3) is 0 Å². The molecule has 4 heteroatoms. The van der Waals surface area contributed by atoms with Gasteiger partial charge in [-0.15, -0.1) is 6.42 Å². The van der Waals surface area contributed by atoms with Crippen LogP contribution in [0.3, 0.4) is 0 Å². The lowest BCUT2D eigenvalue weighted by Crippen LogP contribution is -2.25. The summed E-state index contributed by atoms with van der Waals surface area (Å²) in [5.74, 6) is 2.22. The molecule has 0 radical (unpaired) electrons. The Morgan fingerprint density at radius 2 is 2.54 bits per heavy atom. The number of amides is 1. The van der Waals surface area contributed by atoms with Gasteiger partial charge in [0.2, 0.25) is 0 Å². The van der Waals surface area contributed by atoms with Gasteiger partial charge >= 0.3 is 0 Å². The molecule has 13 heavy (non-hydrogen) atoms. The fraction of sp³-hybridized carbons (Fsp3) is 0.333. The Balaban J connectivity index is 2.64. The van der Waals surface area contributed by atoms with Gasteiger partial charge in [0.05, 0.1) is 6.04 Å². The van der Waals surface area contributed by atoms with Crippen molar-refractivity contribution in [2.24, 2.45) is 0 Å². The first-order valence-corrected chi connectivity index (χ1v) is 3.84. The van der Waals surface area contributed by atoms with E-state index in [4.69, 9.17) is 10.9 Å². The van der Waals surface area contributed by atoms with Crippen LogP contribution in [0.1, 0.15) is 24.4 Å². The van der Waals surface area contributed by atoms with E-state index in [2.05, 4.69) is 10.5 Å². The van der Waals surface area contributed by atoms with Gasteiger partial charge < -0.3 is 9.84 Å². The SMILES string of the molecule is C#CC(=O)N[C@H](C)c1cc(C)on1. The number of hydrogen-bond donors (Lipinski definition) is 1. The molecule has 1 aromatic heterocycles. The van der Waals surface area contributed by atoms with Crippen LogP contribution in [-0.4, -0.2) is 11.1 Å². The van der Waals surface area contributed by atoms with Crippen molar-refractivity contribution in [2.45, 2.75) is 19.9 Å². The second kappa shape index (κ2) is 3.76. The molecule has 1 N–H and O–H groups in total. The molecule has 0 saturated carbocycles. The number of aryl methyl sites for hydroxylation is 1. The summed E-state index contributed by atoms with van der Waals surface area (Å²) in [5, 5.41) is 6.31. The van der Waals surface area contributed by atoms with E-state index in [1.54, 1.807) is 19.9 Å². The van der Waals surface area contributed by atoms with Crippen LogP contribution in [0.5, 0.6) is 0 Å². The second-order valence-electron chi connectivity index (χ2n) is 2.70. The summed E-state index contributed by atoms with van der Waals surface area (Å²) in [5.41, 5.74) is 0.668. The van der Waals surface area contributed by atoms with Gasteiger partial charge in [-0.2, -0.15) is 0 Å². The maximum absolute atomic E-state index is 10.8. The third kappa shape index (κ3) is 2.34. The van der Waals surface area contributed by atoms with Gasteiger partial charge in [-0.3, -0.25) is 4.79 Å². The van der Waals surface area contributed by atoms with Crippen molar-refractivity contribution in [1.82, 2.24) is 10.5 Å². The zero-order chi connectivity index (χ0) is 9.84. The molecule has 1 amide bonds. The molecule has 4 nitrogen and oxygen atoms in total. The van der Waals surface area contributed by atoms with Crippen LogP contribution in [0, 0.1) is 19.3 Å². The van der Waals surface area contributed by atoms with Crippen LogP contribution in [-0.2, 0) is 4.79 Å². The number of aromatic nitrogens is 1. The molecule has 1 heterocycles. The van der Waals surface area contributed by atoms with Crippen molar-refractivity contribution in [3.05, 3.63) is 17.5 Å². The molecule has 68 valence electrons. The van der Waals surface area contributed by atoms with Crippen LogP contribution in [0.15, 0.2) is 10.6 Å². The van der Waals surface area contributed by atoms with Gasteiger partial charge in [-0.25, -0.2) is 0 Å². The summed E-state index contributed by atoms with van der Waals surface area (Å²) < 4.78 is 4.85. The lowest BCUT2D eigenvalue weighted by molar-refractivity contribution is -0.116. The number of hydrogen-bond acceptors (Lipinski definition) is 3. The Bertz CT molecular complexity index is 349. The molecule has 1 aromatic rings. The summed E-state index contributed by atoms with van der Waals surface area (Å²) in [6, 6.07) is 1.53. The molecule has 0 spiro atoms. The van der Waals surface area contributed by atoms with Crippen LogP contribution < -0.4 is 5.32 Å². The monoisotopic (exact) mass is 178 g/mol. The number of carbonyl (C=O) groups is 1. The van der Waals surface area contributed by atoms with Crippen molar-refractivity contribution in [2.75, 3.05) is 0 Å². The Kier molecular flexibility index (Phi) is 2.70. The lowest BCUT2D eigenvalue weighted by atomic mass is 10.2. The highest BCUT2D eigenvalue weighted by Crippen LogP contribution is 2.11. The van der Waals surface area contributed by atoms with E-state index in [1.165, 1.54) is 0 Å². The number of carbonyl (C=O) groups excluding carboxylic acids is 1. The third-order valence-electron chi connectivity index (χ3n) is 1.57. The highest BCUT2D eigenvalue weighted by Gasteiger charge is 2.11. The zero-order valence-electron chi connectivity index (χ0n) is 7.50. The largest absolute Gasteiger partial charge is 0.361 e. The average molecular weight is 178 g/mol. The minimum absolute atomic E-state index is 0.221. The van der Waals surface area contributed by atoms with Crippen LogP contribution >= 0.6 is 0 Å². The standard InChI is InChI=1S/C9H10N2O2/c1-4-9(12)10-7(3)8-5-6(2)13-11-8/h1,5,7H,2-3H3,(H,10,12)/t7-/m1/s1. The molecule has 0 aliphatic rings. The number of terminal acetylenes is 1. The van der Waals surface area contributed by atoms with E-state index >= 15 is 0 Å². The highest BCUT2D eigenvalue weighted by atomic mass is 16.5. The molecule has 0 aliphatic heterocycles. The van der Waals surface area contributed by atoms with E-state index in [0.29, 0.717) is 11.5 Å². The summed E-state index contributed by atoms with van der Waals surface area (Å²) in [7, 11) is 0. The van der Waals surface area contributed by atoms with Crippen molar-refractivity contribution in [1.29, 1.82) is 0 Å². The van der Waals surface area contributed by atoms with Crippen molar-refractivity contribution in [3.8, 4) is 12.3 Å². The van der Waals surface area contributed by atoms with E-state index in [-0.39, 0.29) is 6.04 Å². The average Bonchev–Trinajstić information content (AvgIpc) is 2.51. The van der Waals surface area contributed by atoms with E-state index in [1.807, 2.05) is 5.92 Å². The predicted molar refractivity (Wildman–Crippen MR) is 46.6 cm³/mol. The number of nitrogens with zero attached hydrogens (tertiary/aromatic N) is 1. The summed E-state index contributed by atoms with van der Waals surface area (Å²) in [6.07, 6.45) is 4.90. The quantitative estimate of drug-likeness (QED) is 0.681. The third-order valence-corrected chi connectivity index (χ3v) is 1.57. The molecular weight excluding hydrogens is 168 g/mol. The molecule has 1 rings (SSSR count). The summed E-state index contributed by atoms with van der Waals surface area (Å²) in [4.78, 5) is 10.8. The first-order valence-electron chi connectivity index (χ1n) is 3.84. The normalized spacial score (nSPS) is 11.8. The first-order chi connectivity index (χ1) is 6.13. The lowest BCUT2D eigenvalue weighted by Gasteiger charge is -2.06. The fourth-order valence-electron chi connectivity index (χ4n) is 0.902. The van der Waals surface area contributed by atoms with Crippen LogP contribution in [0.4, 0.5) is 0 Å². The first kappa shape index (κ1) is 9.33. The van der Waals surface area contributed by atoms with E-state index in [0.717, 1.165) is 0 Å². The zero-order valence-corrected chi connectivity index (χ0v) is 7.50. The predicted octanol–water partition coefficient (Wildman–Crippen LogP) is 0.793. The van der Waals surface area contributed by atoms with Gasteiger partial charge in [-0.05, 0) is 19.8 Å². The van der Waals surface area contributed by atoms with Gasteiger partial charge in [-0.1, -0.05) is 5.16 Å². The van der Waals surface area contributed by atoms with Crippen LogP contribution in [0.2, 0.25) is 0 Å². The summed E-state index contributed by atoms with van der Waals surface area (Å²) >= 11 is 0. The number of nitrogens with one attached hydrogen (secondary N) is 1. The molecular formula is C9H10N2O2. The second-order valence-corrected chi connectivity index (χ2v) is 2.70. The Hall–Kier alpha value is -1.76. The minimum atomic E-state index is -0.451. The maximum Gasteiger partial charge on any atom is 0.296 e. The van der Waals surface area contributed by atoms with Gasteiger partial charge in [0, 0.05) is 6.07 Å². The minimum Gasteiger partial charge on any atom is -0.361 e. The van der Waals surface area contributed by atoms with Gasteiger partial charge in [0.25, 0.3) is 5.91 Å². The highest BCUT2D eigenvalue weighted by molar-refractivity contribution is 5.93. The van der Waals surface area contributed by atoms with E-state index < -0.39 is 5.91 Å². The fourth-order valence-corrected chi connectivity index (χ4v) is 0.902. The molecule has 1 atom stereocenters. The van der Waals surface area contributed by atoms with Crippen molar-refractivity contribution >= 4 is 5.91 Å². The molecule has 0 fully saturated rings. The Labute approximate surface area is 76.3 Å². The molecule has 0 bridgehead atoms. The Morgan fingerprint density at radius 3 is 3.00 bits per heavy atom. The molecule has 0 saturated heterocycles.